The van der Waals surface area contributed by atoms with Crippen molar-refractivity contribution in [2.24, 2.45) is 0 Å². The maximum Gasteiger partial charge on any atom is 0.116 e. The second kappa shape index (κ2) is 6.75. The van der Waals surface area contributed by atoms with Crippen LogP contribution in [0.1, 0.15) is 22.6 Å². The van der Waals surface area contributed by atoms with E-state index in [0.29, 0.717) is 5.92 Å². The summed E-state index contributed by atoms with van der Waals surface area (Å²) < 4.78 is 0. The Labute approximate surface area is 174 Å². The summed E-state index contributed by atoms with van der Waals surface area (Å²) >= 11 is 0. The van der Waals surface area contributed by atoms with E-state index in [1.54, 1.807) is 6.33 Å². The molecule has 1 atom stereocenters. The molecule has 1 aliphatic rings. The molecule has 2 aromatic heterocycles. The molecule has 0 spiro atoms. The van der Waals surface area contributed by atoms with Crippen molar-refractivity contribution >= 4 is 21.8 Å². The maximum absolute atomic E-state index is 4.33. The van der Waals surface area contributed by atoms with Gasteiger partial charge in [0.25, 0.3) is 0 Å². The summed E-state index contributed by atoms with van der Waals surface area (Å²) in [7, 11) is 2.20. The first-order valence-electron chi connectivity index (χ1n) is 10.2. The highest BCUT2D eigenvalue weighted by Crippen LogP contribution is 2.36. The molecule has 0 aliphatic carbocycles. The van der Waals surface area contributed by atoms with Crippen molar-refractivity contribution in [3.05, 3.63) is 90.0 Å². The number of likely N-dealkylation sites (N-methyl/N-ethyl adjacent to an activating group) is 1. The van der Waals surface area contributed by atoms with Crippen LogP contribution in [0.15, 0.2) is 73.3 Å². The Morgan fingerprint density at radius 3 is 2.80 bits per heavy atom. The number of benzene rings is 3. The zero-order valence-electron chi connectivity index (χ0n) is 16.7. The number of aromatic nitrogens is 4. The van der Waals surface area contributed by atoms with Gasteiger partial charge in [-0.2, -0.15) is 5.10 Å². The Hall–Kier alpha value is -3.57. The van der Waals surface area contributed by atoms with E-state index in [-0.39, 0.29) is 0 Å². The fourth-order valence-electron chi connectivity index (χ4n) is 4.65. The molecule has 0 bridgehead atoms. The highest BCUT2D eigenvalue weighted by Gasteiger charge is 2.25. The minimum Gasteiger partial charge on any atom is -0.301 e. The molecule has 3 heterocycles. The predicted molar refractivity (Wildman–Crippen MR) is 119 cm³/mol. The molecule has 30 heavy (non-hydrogen) atoms. The van der Waals surface area contributed by atoms with Gasteiger partial charge in [-0.3, -0.25) is 5.10 Å². The van der Waals surface area contributed by atoms with Crippen molar-refractivity contribution in [2.45, 2.75) is 12.5 Å². The van der Waals surface area contributed by atoms with Crippen LogP contribution < -0.4 is 0 Å². The number of hydrogen-bond donors (Lipinski definition) is 1. The zero-order valence-corrected chi connectivity index (χ0v) is 16.7. The zero-order chi connectivity index (χ0) is 20.1. The number of rotatable bonds is 2. The smallest absolute Gasteiger partial charge is 0.116 e. The fraction of sp³-hybridized carbons (Fsp3) is 0.160. The van der Waals surface area contributed by atoms with Crippen LogP contribution in [0.3, 0.4) is 0 Å². The van der Waals surface area contributed by atoms with Crippen molar-refractivity contribution in [1.82, 2.24) is 25.1 Å². The van der Waals surface area contributed by atoms with Crippen molar-refractivity contribution in [3.63, 3.8) is 0 Å². The summed E-state index contributed by atoms with van der Waals surface area (Å²) in [6.07, 6.45) is 5.37. The SMILES string of the molecule is CN1Cc2cc(-c3ccc4ncncc4c3)ccc2C(c2ccc3[nH]ncc3c2)C1. The van der Waals surface area contributed by atoms with Gasteiger partial charge in [0.2, 0.25) is 0 Å². The lowest BCUT2D eigenvalue weighted by Gasteiger charge is -2.33. The Balaban J connectivity index is 1.43. The van der Waals surface area contributed by atoms with Crippen molar-refractivity contribution in [1.29, 1.82) is 0 Å². The van der Waals surface area contributed by atoms with Crippen LogP contribution in [0.5, 0.6) is 0 Å². The van der Waals surface area contributed by atoms with E-state index >= 15 is 0 Å². The quantitative estimate of drug-likeness (QED) is 0.472. The van der Waals surface area contributed by atoms with Gasteiger partial charge in [-0.25, -0.2) is 9.97 Å². The van der Waals surface area contributed by atoms with Crippen LogP contribution in [-0.4, -0.2) is 38.7 Å². The Bertz CT molecular complexity index is 1390. The number of H-pyrrole nitrogens is 1. The number of hydrogen-bond acceptors (Lipinski definition) is 4. The van der Waals surface area contributed by atoms with Crippen LogP contribution >= 0.6 is 0 Å². The van der Waals surface area contributed by atoms with Gasteiger partial charge in [0.15, 0.2) is 0 Å². The molecule has 5 heteroatoms. The molecular formula is C25H21N5. The highest BCUT2D eigenvalue weighted by atomic mass is 15.1. The molecule has 6 rings (SSSR count). The molecule has 1 aliphatic heterocycles. The topological polar surface area (TPSA) is 57.7 Å². The lowest BCUT2D eigenvalue weighted by Crippen LogP contribution is -2.31. The fourth-order valence-corrected chi connectivity index (χ4v) is 4.65. The number of fused-ring (bicyclic) bond motifs is 3. The van der Waals surface area contributed by atoms with Crippen LogP contribution in [0.2, 0.25) is 0 Å². The van der Waals surface area contributed by atoms with Crippen molar-refractivity contribution in [2.75, 3.05) is 13.6 Å². The summed E-state index contributed by atoms with van der Waals surface area (Å²) in [5.41, 5.74) is 8.64. The van der Waals surface area contributed by atoms with Crippen LogP contribution in [0, 0.1) is 0 Å². The maximum atomic E-state index is 4.33. The standard InChI is InChI=1S/C25H21N5/c1-30-13-21-9-16(17-3-6-24-19(8-17)11-26-15-27-24)2-5-22(21)23(14-30)18-4-7-25-20(10-18)12-28-29-25/h2-12,15,23H,13-14H2,1H3,(H,28,29). The number of aromatic amines is 1. The summed E-state index contributed by atoms with van der Waals surface area (Å²) in [5.74, 6) is 0.358. The van der Waals surface area contributed by atoms with Gasteiger partial charge in [-0.05, 0) is 65.2 Å². The average Bonchev–Trinajstić information content (AvgIpc) is 3.25. The summed E-state index contributed by atoms with van der Waals surface area (Å²) in [6.45, 7) is 1.98. The molecule has 0 radical (unpaired) electrons. The summed E-state index contributed by atoms with van der Waals surface area (Å²) in [4.78, 5) is 10.9. The van der Waals surface area contributed by atoms with Crippen molar-refractivity contribution < 1.29 is 0 Å². The van der Waals surface area contributed by atoms with Crippen LogP contribution in [-0.2, 0) is 6.54 Å². The van der Waals surface area contributed by atoms with Gasteiger partial charge >= 0.3 is 0 Å². The molecule has 0 fully saturated rings. The van der Waals surface area contributed by atoms with E-state index in [1.165, 1.54) is 27.8 Å². The second-order valence-electron chi connectivity index (χ2n) is 8.18. The van der Waals surface area contributed by atoms with E-state index in [4.69, 9.17) is 0 Å². The number of nitrogens with one attached hydrogen (secondary N) is 1. The second-order valence-corrected chi connectivity index (χ2v) is 8.18. The molecule has 0 saturated heterocycles. The molecule has 5 nitrogen and oxygen atoms in total. The molecular weight excluding hydrogens is 370 g/mol. The van der Waals surface area contributed by atoms with Gasteiger partial charge in [0.05, 0.1) is 17.2 Å². The number of nitrogens with zero attached hydrogens (tertiary/aromatic N) is 4. The molecule has 3 aromatic carbocycles. The van der Waals surface area contributed by atoms with E-state index in [1.807, 2.05) is 12.4 Å². The van der Waals surface area contributed by atoms with E-state index in [2.05, 4.69) is 86.7 Å². The largest absolute Gasteiger partial charge is 0.301 e. The van der Waals surface area contributed by atoms with E-state index in [0.717, 1.165) is 34.9 Å². The first-order valence-corrected chi connectivity index (χ1v) is 10.2. The predicted octanol–water partition coefficient (Wildman–Crippen LogP) is 4.75. The average molecular weight is 391 g/mol. The van der Waals surface area contributed by atoms with Gasteiger partial charge in [0.1, 0.15) is 6.33 Å². The molecule has 0 amide bonds. The molecule has 1 N–H and O–H groups in total. The van der Waals surface area contributed by atoms with Gasteiger partial charge < -0.3 is 4.90 Å². The lowest BCUT2D eigenvalue weighted by molar-refractivity contribution is 0.295. The van der Waals surface area contributed by atoms with Gasteiger partial charge in [0, 0.05) is 36.0 Å². The minimum atomic E-state index is 0.358. The third kappa shape index (κ3) is 2.86. The van der Waals surface area contributed by atoms with Gasteiger partial charge in [-0.1, -0.05) is 24.3 Å². The monoisotopic (exact) mass is 391 g/mol. The van der Waals surface area contributed by atoms with E-state index < -0.39 is 0 Å². The van der Waals surface area contributed by atoms with Crippen molar-refractivity contribution in [3.8, 4) is 11.1 Å². The first-order chi connectivity index (χ1) is 14.7. The molecule has 1 unspecified atom stereocenters. The molecule has 5 aromatic rings. The highest BCUT2D eigenvalue weighted by molar-refractivity contribution is 5.84. The van der Waals surface area contributed by atoms with Crippen LogP contribution in [0.4, 0.5) is 0 Å². The first kappa shape index (κ1) is 17.3. The summed E-state index contributed by atoms with van der Waals surface area (Å²) in [5, 5.41) is 9.45. The van der Waals surface area contributed by atoms with Gasteiger partial charge in [-0.15, -0.1) is 0 Å². The normalized spacial score (nSPS) is 16.8. The minimum absolute atomic E-state index is 0.358. The Kier molecular flexibility index (Phi) is 3.89. The Morgan fingerprint density at radius 2 is 1.83 bits per heavy atom. The Morgan fingerprint density at radius 1 is 0.933 bits per heavy atom. The molecule has 0 saturated carbocycles. The van der Waals surface area contributed by atoms with Crippen LogP contribution in [0.25, 0.3) is 32.9 Å². The molecule has 146 valence electrons. The third-order valence-corrected chi connectivity index (χ3v) is 6.16. The summed E-state index contributed by atoms with van der Waals surface area (Å²) in [6, 6.07) is 19.9. The lowest BCUT2D eigenvalue weighted by atomic mass is 9.83. The third-order valence-electron chi connectivity index (χ3n) is 6.16. The van der Waals surface area contributed by atoms with E-state index in [9.17, 15) is 0 Å².